The number of nitrogens with zero attached hydrogens (tertiary/aromatic N) is 1. The fourth-order valence-corrected chi connectivity index (χ4v) is 1.95. The molecule has 0 aliphatic carbocycles. The standard InChI is InChI=1S/C17H15F4N3O3/c18-16(19)26-13-7-6-11(14(8-13)27-17(20)21)9-23-24-15(25)10-22-12-4-2-1-3-5-12/h1-9,16-17,22H,10H2,(H,24,25)/b23-9-. The van der Waals surface area contributed by atoms with Gasteiger partial charge in [-0.25, -0.2) is 5.43 Å². The number of ether oxygens (including phenoxy) is 2. The molecule has 2 aromatic rings. The Bertz CT molecular complexity index is 773. The van der Waals surface area contributed by atoms with Crippen molar-refractivity contribution in [3.05, 3.63) is 54.1 Å². The molecule has 10 heteroatoms. The Labute approximate surface area is 151 Å². The number of benzene rings is 2. The summed E-state index contributed by atoms with van der Waals surface area (Å²) in [7, 11) is 0. The lowest BCUT2D eigenvalue weighted by Gasteiger charge is -2.10. The van der Waals surface area contributed by atoms with Gasteiger partial charge in [-0.15, -0.1) is 0 Å². The first-order chi connectivity index (χ1) is 12.9. The molecule has 2 N–H and O–H groups in total. The fourth-order valence-electron chi connectivity index (χ4n) is 1.95. The van der Waals surface area contributed by atoms with Gasteiger partial charge < -0.3 is 14.8 Å². The van der Waals surface area contributed by atoms with Crippen LogP contribution in [0.5, 0.6) is 11.5 Å². The van der Waals surface area contributed by atoms with Crippen LogP contribution in [-0.2, 0) is 4.79 Å². The molecule has 0 saturated carbocycles. The monoisotopic (exact) mass is 385 g/mol. The summed E-state index contributed by atoms with van der Waals surface area (Å²) in [6.07, 6.45) is 1.05. The second kappa shape index (κ2) is 10.00. The van der Waals surface area contributed by atoms with Gasteiger partial charge in [-0.1, -0.05) is 18.2 Å². The lowest BCUT2D eigenvalue weighted by atomic mass is 10.2. The number of carbonyl (C=O) groups is 1. The number of alkyl halides is 4. The van der Waals surface area contributed by atoms with Crippen molar-refractivity contribution in [3.63, 3.8) is 0 Å². The summed E-state index contributed by atoms with van der Waals surface area (Å²) in [5.41, 5.74) is 2.97. The number of hydrogen-bond donors (Lipinski definition) is 2. The zero-order valence-corrected chi connectivity index (χ0v) is 13.7. The first-order valence-corrected chi connectivity index (χ1v) is 7.58. The number of rotatable bonds is 9. The van der Waals surface area contributed by atoms with Gasteiger partial charge in [0.2, 0.25) is 0 Å². The van der Waals surface area contributed by atoms with Crippen molar-refractivity contribution >= 4 is 17.8 Å². The Hall–Kier alpha value is -3.30. The Morgan fingerprint density at radius 3 is 2.41 bits per heavy atom. The van der Waals surface area contributed by atoms with E-state index in [1.54, 1.807) is 24.3 Å². The maximum Gasteiger partial charge on any atom is 0.387 e. The van der Waals surface area contributed by atoms with Crippen molar-refractivity contribution < 1.29 is 31.8 Å². The van der Waals surface area contributed by atoms with E-state index in [2.05, 4.69) is 25.3 Å². The highest BCUT2D eigenvalue weighted by molar-refractivity contribution is 5.86. The zero-order chi connectivity index (χ0) is 19.6. The van der Waals surface area contributed by atoms with Gasteiger partial charge >= 0.3 is 13.2 Å². The lowest BCUT2D eigenvalue weighted by molar-refractivity contribution is -0.119. The van der Waals surface area contributed by atoms with Crippen LogP contribution in [0.4, 0.5) is 23.2 Å². The van der Waals surface area contributed by atoms with Gasteiger partial charge in [-0.2, -0.15) is 22.7 Å². The minimum Gasteiger partial charge on any atom is -0.435 e. The van der Waals surface area contributed by atoms with Gasteiger partial charge in [0.15, 0.2) is 0 Å². The maximum absolute atomic E-state index is 12.5. The normalized spacial score (nSPS) is 11.0. The minimum atomic E-state index is -3.18. The number of para-hydroxylation sites is 1. The average Bonchev–Trinajstić information content (AvgIpc) is 2.61. The topological polar surface area (TPSA) is 72.0 Å². The SMILES string of the molecule is O=C(CNc1ccccc1)N/N=C\c1ccc(OC(F)F)cc1OC(F)F. The molecule has 0 unspecified atom stereocenters. The Balaban J connectivity index is 1.96. The second-order valence-electron chi connectivity index (χ2n) is 4.97. The quantitative estimate of drug-likeness (QED) is 0.394. The molecule has 0 aliphatic heterocycles. The Morgan fingerprint density at radius 1 is 1.04 bits per heavy atom. The average molecular weight is 385 g/mol. The third kappa shape index (κ3) is 7.22. The van der Waals surface area contributed by atoms with E-state index in [0.29, 0.717) is 0 Å². The van der Waals surface area contributed by atoms with Crippen LogP contribution in [0, 0.1) is 0 Å². The third-order valence-corrected chi connectivity index (χ3v) is 3.05. The van der Waals surface area contributed by atoms with Gasteiger partial charge in [0.25, 0.3) is 5.91 Å². The molecule has 27 heavy (non-hydrogen) atoms. The van der Waals surface area contributed by atoms with E-state index in [4.69, 9.17) is 0 Å². The van der Waals surface area contributed by atoms with Crippen LogP contribution in [0.1, 0.15) is 5.56 Å². The number of hydrogen-bond acceptors (Lipinski definition) is 5. The predicted octanol–water partition coefficient (Wildman–Crippen LogP) is 3.45. The molecule has 0 radical (unpaired) electrons. The number of anilines is 1. The Kier molecular flexibility index (Phi) is 7.41. The van der Waals surface area contributed by atoms with E-state index in [-0.39, 0.29) is 17.9 Å². The molecule has 0 aromatic heterocycles. The zero-order valence-electron chi connectivity index (χ0n) is 13.7. The molecule has 0 spiro atoms. The van der Waals surface area contributed by atoms with Gasteiger partial charge in [0.1, 0.15) is 11.5 Å². The van der Waals surface area contributed by atoms with Crippen molar-refractivity contribution in [2.24, 2.45) is 5.10 Å². The first kappa shape index (κ1) is 20.0. The lowest BCUT2D eigenvalue weighted by Crippen LogP contribution is -2.25. The van der Waals surface area contributed by atoms with Crippen LogP contribution in [0.15, 0.2) is 53.6 Å². The van der Waals surface area contributed by atoms with Gasteiger partial charge in [0, 0.05) is 17.3 Å². The van der Waals surface area contributed by atoms with E-state index in [1.165, 1.54) is 6.07 Å². The van der Waals surface area contributed by atoms with Gasteiger partial charge in [0.05, 0.1) is 12.8 Å². The Morgan fingerprint density at radius 2 is 1.74 bits per heavy atom. The highest BCUT2D eigenvalue weighted by Gasteiger charge is 2.12. The van der Waals surface area contributed by atoms with Crippen molar-refractivity contribution in [3.8, 4) is 11.5 Å². The van der Waals surface area contributed by atoms with E-state index in [0.717, 1.165) is 24.0 Å². The number of carbonyl (C=O) groups excluding carboxylic acids is 1. The molecule has 144 valence electrons. The summed E-state index contributed by atoms with van der Waals surface area (Å²) in [4.78, 5) is 11.7. The third-order valence-electron chi connectivity index (χ3n) is 3.05. The van der Waals surface area contributed by atoms with Crippen molar-refractivity contribution in [1.82, 2.24) is 5.43 Å². The molecule has 0 fully saturated rings. The maximum atomic E-state index is 12.5. The molecule has 0 bridgehead atoms. The van der Waals surface area contributed by atoms with Crippen LogP contribution < -0.4 is 20.2 Å². The summed E-state index contributed by atoms with van der Waals surface area (Å²) in [5.74, 6) is -1.26. The highest BCUT2D eigenvalue weighted by Crippen LogP contribution is 2.26. The molecule has 0 atom stereocenters. The summed E-state index contributed by atoms with van der Waals surface area (Å²) < 4.78 is 57.8. The number of amides is 1. The number of nitrogens with one attached hydrogen (secondary N) is 2. The molecule has 0 saturated heterocycles. The molecule has 2 aromatic carbocycles. The van der Waals surface area contributed by atoms with Gasteiger partial charge in [-0.05, 0) is 24.3 Å². The van der Waals surface area contributed by atoms with Crippen molar-refractivity contribution in [2.45, 2.75) is 13.2 Å². The minimum absolute atomic E-state index is 0.0354. The molecule has 6 nitrogen and oxygen atoms in total. The molecule has 0 aliphatic rings. The van der Waals surface area contributed by atoms with Crippen LogP contribution in [-0.4, -0.2) is 31.9 Å². The van der Waals surface area contributed by atoms with Crippen LogP contribution in [0.25, 0.3) is 0 Å². The van der Waals surface area contributed by atoms with Crippen LogP contribution in [0.3, 0.4) is 0 Å². The summed E-state index contributed by atoms with van der Waals surface area (Å²) in [6, 6.07) is 12.2. The van der Waals surface area contributed by atoms with Gasteiger partial charge in [-0.3, -0.25) is 4.79 Å². The summed E-state index contributed by atoms with van der Waals surface area (Å²) >= 11 is 0. The van der Waals surface area contributed by atoms with E-state index in [9.17, 15) is 22.4 Å². The fraction of sp³-hybridized carbons (Fsp3) is 0.176. The molecular formula is C17H15F4N3O3. The van der Waals surface area contributed by atoms with Crippen molar-refractivity contribution in [1.29, 1.82) is 0 Å². The highest BCUT2D eigenvalue weighted by atomic mass is 19.3. The summed E-state index contributed by atoms with van der Waals surface area (Å²) in [5, 5.41) is 6.49. The smallest absolute Gasteiger partial charge is 0.387 e. The molecule has 0 heterocycles. The largest absolute Gasteiger partial charge is 0.435 e. The van der Waals surface area contributed by atoms with Crippen LogP contribution >= 0.6 is 0 Å². The predicted molar refractivity (Wildman–Crippen MR) is 90.4 cm³/mol. The van der Waals surface area contributed by atoms with Crippen LogP contribution in [0.2, 0.25) is 0 Å². The molecule has 2 rings (SSSR count). The second-order valence-corrected chi connectivity index (χ2v) is 4.97. The number of halogens is 4. The van der Waals surface area contributed by atoms with Crippen molar-refractivity contribution in [2.75, 3.05) is 11.9 Å². The number of hydrazone groups is 1. The molecular weight excluding hydrogens is 370 g/mol. The van der Waals surface area contributed by atoms with E-state index in [1.807, 2.05) is 6.07 Å². The molecule has 1 amide bonds. The van der Waals surface area contributed by atoms with E-state index < -0.39 is 24.9 Å². The summed E-state index contributed by atoms with van der Waals surface area (Å²) in [6.45, 7) is -6.35. The first-order valence-electron chi connectivity index (χ1n) is 7.58. The van der Waals surface area contributed by atoms with E-state index >= 15 is 0 Å².